The zero-order valence-corrected chi connectivity index (χ0v) is 11.1. The van der Waals surface area contributed by atoms with E-state index in [1.165, 1.54) is 0 Å². The number of ether oxygens (including phenoxy) is 2. The Morgan fingerprint density at radius 2 is 2.06 bits per heavy atom. The first kappa shape index (κ1) is 14.8. The van der Waals surface area contributed by atoms with Crippen LogP contribution in [0.1, 0.15) is 19.8 Å². The van der Waals surface area contributed by atoms with Crippen molar-refractivity contribution in [3.05, 3.63) is 0 Å². The van der Waals surface area contributed by atoms with Gasteiger partial charge in [-0.1, -0.05) is 0 Å². The molecule has 104 valence electrons. The van der Waals surface area contributed by atoms with Crippen molar-refractivity contribution in [3.8, 4) is 0 Å². The van der Waals surface area contributed by atoms with Crippen LogP contribution in [0.5, 0.6) is 0 Å². The summed E-state index contributed by atoms with van der Waals surface area (Å²) in [5, 5.41) is 2.54. The maximum absolute atomic E-state index is 11.7. The number of nitrogens with one attached hydrogen (secondary N) is 1. The summed E-state index contributed by atoms with van der Waals surface area (Å²) in [4.78, 5) is 24.4. The van der Waals surface area contributed by atoms with Crippen LogP contribution in [-0.2, 0) is 14.3 Å². The lowest BCUT2D eigenvalue weighted by Crippen LogP contribution is -2.42. The van der Waals surface area contributed by atoms with E-state index in [2.05, 4.69) is 5.32 Å². The van der Waals surface area contributed by atoms with Gasteiger partial charge in [0.1, 0.15) is 6.54 Å². The number of hydrogen-bond donors (Lipinski definition) is 1. The molecule has 1 rings (SSSR count). The Morgan fingerprint density at radius 3 is 2.67 bits per heavy atom. The standard InChI is InChI=1S/C12H22N2O4/c1-3-18-11(15)8-13-12(16)14(2)9-10-4-6-17-7-5-10/h10H,3-9H2,1-2H3,(H,13,16). The first-order valence-electron chi connectivity index (χ1n) is 6.35. The number of amides is 2. The summed E-state index contributed by atoms with van der Waals surface area (Å²) in [6.45, 7) is 4.21. The molecule has 0 unspecified atom stereocenters. The summed E-state index contributed by atoms with van der Waals surface area (Å²) in [5.41, 5.74) is 0. The van der Waals surface area contributed by atoms with E-state index >= 15 is 0 Å². The summed E-state index contributed by atoms with van der Waals surface area (Å²) in [5.74, 6) is 0.0717. The Morgan fingerprint density at radius 1 is 1.39 bits per heavy atom. The van der Waals surface area contributed by atoms with Gasteiger partial charge in [-0.2, -0.15) is 0 Å². The zero-order valence-electron chi connectivity index (χ0n) is 11.1. The molecule has 0 spiro atoms. The van der Waals surface area contributed by atoms with Gasteiger partial charge in [0.2, 0.25) is 0 Å². The van der Waals surface area contributed by atoms with Crippen molar-refractivity contribution in [2.45, 2.75) is 19.8 Å². The molecule has 1 aliphatic heterocycles. The van der Waals surface area contributed by atoms with Gasteiger partial charge in [-0.25, -0.2) is 4.79 Å². The molecule has 1 fully saturated rings. The van der Waals surface area contributed by atoms with E-state index in [0.717, 1.165) is 26.1 Å². The van der Waals surface area contributed by atoms with E-state index in [1.807, 2.05) is 0 Å². The summed E-state index contributed by atoms with van der Waals surface area (Å²) in [6.07, 6.45) is 1.96. The number of carbonyl (C=O) groups excluding carboxylic acids is 2. The molecule has 6 nitrogen and oxygen atoms in total. The van der Waals surface area contributed by atoms with E-state index in [4.69, 9.17) is 9.47 Å². The van der Waals surface area contributed by atoms with E-state index in [0.29, 0.717) is 19.1 Å². The minimum atomic E-state index is -0.412. The third kappa shape index (κ3) is 5.35. The zero-order chi connectivity index (χ0) is 13.4. The minimum Gasteiger partial charge on any atom is -0.465 e. The molecule has 0 bridgehead atoms. The monoisotopic (exact) mass is 258 g/mol. The number of carbonyl (C=O) groups is 2. The Bertz CT molecular complexity index is 277. The van der Waals surface area contributed by atoms with Crippen molar-refractivity contribution in [3.63, 3.8) is 0 Å². The lowest BCUT2D eigenvalue weighted by atomic mass is 10.0. The molecule has 0 aromatic rings. The number of nitrogens with zero attached hydrogens (tertiary/aromatic N) is 1. The molecule has 1 aliphatic rings. The highest BCUT2D eigenvalue weighted by molar-refractivity contribution is 5.80. The predicted octanol–water partition coefficient (Wildman–Crippen LogP) is 0.617. The number of hydrogen-bond acceptors (Lipinski definition) is 4. The molecule has 0 aromatic carbocycles. The molecule has 1 heterocycles. The van der Waals surface area contributed by atoms with Crippen LogP contribution >= 0.6 is 0 Å². The molecule has 2 amide bonds. The van der Waals surface area contributed by atoms with Crippen molar-refractivity contribution in [1.29, 1.82) is 0 Å². The normalized spacial score (nSPS) is 16.1. The van der Waals surface area contributed by atoms with Crippen molar-refractivity contribution in [2.75, 3.05) is 40.0 Å². The number of rotatable bonds is 5. The Kier molecular flexibility index (Phi) is 6.49. The fraction of sp³-hybridized carbons (Fsp3) is 0.833. The van der Waals surface area contributed by atoms with Gasteiger partial charge in [0.25, 0.3) is 0 Å². The van der Waals surface area contributed by atoms with Gasteiger partial charge in [-0.05, 0) is 25.7 Å². The summed E-state index contributed by atoms with van der Waals surface area (Å²) in [7, 11) is 1.73. The van der Waals surface area contributed by atoms with Gasteiger partial charge in [-0.15, -0.1) is 0 Å². The van der Waals surface area contributed by atoms with Crippen LogP contribution < -0.4 is 5.32 Å². The minimum absolute atomic E-state index is 0.0786. The molecule has 18 heavy (non-hydrogen) atoms. The molecule has 1 N–H and O–H groups in total. The van der Waals surface area contributed by atoms with Crippen LogP contribution in [0.2, 0.25) is 0 Å². The van der Waals surface area contributed by atoms with E-state index in [-0.39, 0.29) is 12.6 Å². The van der Waals surface area contributed by atoms with Crippen molar-refractivity contribution >= 4 is 12.0 Å². The molecule has 6 heteroatoms. The largest absolute Gasteiger partial charge is 0.465 e. The maximum Gasteiger partial charge on any atom is 0.325 e. The SMILES string of the molecule is CCOC(=O)CNC(=O)N(C)CC1CCOCC1. The molecule has 0 atom stereocenters. The van der Waals surface area contributed by atoms with Gasteiger partial charge in [-0.3, -0.25) is 4.79 Å². The lowest BCUT2D eigenvalue weighted by Gasteiger charge is -2.27. The first-order valence-corrected chi connectivity index (χ1v) is 6.35. The lowest BCUT2D eigenvalue weighted by molar-refractivity contribution is -0.141. The van der Waals surface area contributed by atoms with Crippen molar-refractivity contribution < 1.29 is 19.1 Å². The van der Waals surface area contributed by atoms with Crippen LogP contribution in [0.15, 0.2) is 0 Å². The Hall–Kier alpha value is -1.30. The van der Waals surface area contributed by atoms with Crippen molar-refractivity contribution in [1.82, 2.24) is 10.2 Å². The summed E-state index contributed by atoms with van der Waals surface area (Å²) >= 11 is 0. The van der Waals surface area contributed by atoms with Crippen molar-refractivity contribution in [2.24, 2.45) is 5.92 Å². The quantitative estimate of drug-likeness (QED) is 0.734. The second kappa shape index (κ2) is 7.92. The molecule has 0 radical (unpaired) electrons. The van der Waals surface area contributed by atoms with Gasteiger partial charge in [0, 0.05) is 26.8 Å². The maximum atomic E-state index is 11.7. The Labute approximate surface area is 108 Å². The third-order valence-electron chi connectivity index (χ3n) is 2.91. The van der Waals surface area contributed by atoms with E-state index in [9.17, 15) is 9.59 Å². The average molecular weight is 258 g/mol. The highest BCUT2D eigenvalue weighted by Gasteiger charge is 2.18. The topological polar surface area (TPSA) is 67.9 Å². The first-order chi connectivity index (χ1) is 8.63. The van der Waals surface area contributed by atoms with Crippen LogP contribution in [-0.4, -0.2) is 56.9 Å². The molecular weight excluding hydrogens is 236 g/mol. The molecular formula is C12H22N2O4. The van der Waals surface area contributed by atoms with Gasteiger partial charge in [0.15, 0.2) is 0 Å². The summed E-state index contributed by atoms with van der Waals surface area (Å²) < 4.78 is 10.0. The smallest absolute Gasteiger partial charge is 0.325 e. The van der Waals surface area contributed by atoms with Crippen LogP contribution in [0.25, 0.3) is 0 Å². The van der Waals surface area contributed by atoms with E-state index in [1.54, 1.807) is 18.9 Å². The van der Waals surface area contributed by atoms with Gasteiger partial charge >= 0.3 is 12.0 Å². The predicted molar refractivity (Wildman–Crippen MR) is 66.2 cm³/mol. The van der Waals surface area contributed by atoms with Gasteiger partial charge < -0.3 is 19.7 Å². The highest BCUT2D eigenvalue weighted by Crippen LogP contribution is 2.15. The average Bonchev–Trinajstić information content (AvgIpc) is 2.37. The fourth-order valence-electron chi connectivity index (χ4n) is 1.89. The third-order valence-corrected chi connectivity index (χ3v) is 2.91. The van der Waals surface area contributed by atoms with Crippen LogP contribution in [0.4, 0.5) is 4.79 Å². The number of esters is 1. The molecule has 0 saturated carbocycles. The van der Waals surface area contributed by atoms with E-state index < -0.39 is 5.97 Å². The molecule has 1 saturated heterocycles. The van der Waals surface area contributed by atoms with Crippen LogP contribution in [0.3, 0.4) is 0 Å². The second-order valence-electron chi connectivity index (χ2n) is 4.40. The van der Waals surface area contributed by atoms with Crippen LogP contribution in [0, 0.1) is 5.92 Å². The summed E-state index contributed by atoms with van der Waals surface area (Å²) in [6, 6.07) is -0.241. The van der Waals surface area contributed by atoms with Gasteiger partial charge in [0.05, 0.1) is 6.61 Å². The second-order valence-corrected chi connectivity index (χ2v) is 4.40. The molecule has 0 aromatic heterocycles. The fourth-order valence-corrected chi connectivity index (χ4v) is 1.89. The molecule has 0 aliphatic carbocycles. The number of urea groups is 1. The Balaban J connectivity index is 2.21. The highest BCUT2D eigenvalue weighted by atomic mass is 16.5.